The number of methoxy groups -OCH3 is 1. The number of nitrogens with zero attached hydrogens (tertiary/aromatic N) is 5. The molecule has 1 unspecified atom stereocenters. The molecular formula is C28H35N5O4. The number of esters is 1. The van der Waals surface area contributed by atoms with Crippen LogP contribution in [0.25, 0.3) is 5.78 Å². The molecule has 0 aromatic carbocycles. The predicted octanol–water partition coefficient (Wildman–Crippen LogP) is 4.57. The Balaban J connectivity index is 1.42. The van der Waals surface area contributed by atoms with Crippen LogP contribution in [-0.4, -0.2) is 48.4 Å². The van der Waals surface area contributed by atoms with Gasteiger partial charge in [0.05, 0.1) is 18.9 Å². The molecule has 1 fully saturated rings. The number of cyclic esters (lactones) is 1. The lowest BCUT2D eigenvalue weighted by atomic mass is 9.76. The second-order valence-electron chi connectivity index (χ2n) is 10.3. The molecule has 37 heavy (non-hydrogen) atoms. The molecule has 0 amide bonds. The summed E-state index contributed by atoms with van der Waals surface area (Å²) in [6.45, 7) is 5.91. The molecule has 1 atom stereocenters. The smallest absolute Gasteiger partial charge is 0.338 e. The number of aryl methyl sites for hydroxylation is 4. The Bertz CT molecular complexity index is 1360. The lowest BCUT2D eigenvalue weighted by Crippen LogP contribution is -2.46. The van der Waals surface area contributed by atoms with Crippen LogP contribution >= 0.6 is 0 Å². The van der Waals surface area contributed by atoms with Gasteiger partial charge in [-0.15, -0.1) is 5.10 Å². The number of pyridine rings is 1. The van der Waals surface area contributed by atoms with Crippen LogP contribution in [0, 0.1) is 19.8 Å². The van der Waals surface area contributed by atoms with Crippen molar-refractivity contribution in [1.29, 1.82) is 0 Å². The van der Waals surface area contributed by atoms with Gasteiger partial charge >= 0.3 is 5.97 Å². The summed E-state index contributed by atoms with van der Waals surface area (Å²) in [6, 6.07) is 3.99. The molecule has 5 rings (SSSR count). The second kappa shape index (κ2) is 10.1. The van der Waals surface area contributed by atoms with E-state index in [-0.39, 0.29) is 23.7 Å². The highest BCUT2D eigenvalue weighted by Gasteiger charge is 2.48. The highest BCUT2D eigenvalue weighted by molar-refractivity contribution is 5.90. The summed E-state index contributed by atoms with van der Waals surface area (Å²) in [5.41, 5.74) is 3.28. The van der Waals surface area contributed by atoms with Gasteiger partial charge in [-0.1, -0.05) is 19.8 Å². The van der Waals surface area contributed by atoms with E-state index in [0.717, 1.165) is 60.5 Å². The second-order valence-corrected chi connectivity index (χ2v) is 10.3. The highest BCUT2D eigenvalue weighted by Crippen LogP contribution is 2.46. The molecule has 2 aliphatic rings. The third-order valence-corrected chi connectivity index (χ3v) is 7.86. The van der Waals surface area contributed by atoms with E-state index in [2.05, 4.69) is 33.0 Å². The summed E-state index contributed by atoms with van der Waals surface area (Å²) in [6.07, 6.45) is 8.47. The first-order valence-corrected chi connectivity index (χ1v) is 13.2. The number of carbonyl (C=O) groups is 1. The molecule has 1 aliphatic carbocycles. The summed E-state index contributed by atoms with van der Waals surface area (Å²) in [5, 5.41) is 15.7. The van der Waals surface area contributed by atoms with Crippen molar-refractivity contribution in [2.75, 3.05) is 7.11 Å². The molecular weight excluding hydrogens is 470 g/mol. The Hall–Kier alpha value is -3.49. The summed E-state index contributed by atoms with van der Waals surface area (Å²) >= 11 is 0. The van der Waals surface area contributed by atoms with Gasteiger partial charge in [0.15, 0.2) is 5.82 Å². The molecule has 0 spiro atoms. The molecule has 3 aromatic heterocycles. The number of hydrogen-bond donors (Lipinski definition) is 1. The number of aliphatic hydroxyl groups is 1. The molecule has 9 heteroatoms. The van der Waals surface area contributed by atoms with E-state index in [1.54, 1.807) is 17.8 Å². The van der Waals surface area contributed by atoms with Gasteiger partial charge in [-0.2, -0.15) is 4.98 Å². The lowest BCUT2D eigenvalue weighted by Gasteiger charge is -2.42. The number of ether oxygens (including phenoxy) is 2. The molecule has 0 radical (unpaired) electrons. The lowest BCUT2D eigenvalue weighted by molar-refractivity contribution is -0.167. The van der Waals surface area contributed by atoms with E-state index in [9.17, 15) is 9.90 Å². The number of rotatable bonds is 8. The van der Waals surface area contributed by atoms with Crippen molar-refractivity contribution < 1.29 is 19.4 Å². The van der Waals surface area contributed by atoms with Crippen LogP contribution in [0.3, 0.4) is 0 Å². The minimum Gasteiger partial charge on any atom is -0.512 e. The van der Waals surface area contributed by atoms with Crippen molar-refractivity contribution in [2.24, 2.45) is 5.92 Å². The standard InChI is InChI=1S/C28H35N5O4/c1-5-21-13-19(24(36-4)16-29-21)10-11-28(20-8-6-7-9-20)15-23(34)22(26(35)37-28)14-25-31-27-30-17(2)12-18(3)33(27)32-25/h12-13,16,20,34H,5-11,14-15H2,1-4H3. The van der Waals surface area contributed by atoms with Crippen LogP contribution in [0.1, 0.15) is 73.9 Å². The number of hydrogen-bond acceptors (Lipinski definition) is 8. The topological polar surface area (TPSA) is 112 Å². The molecule has 0 bridgehead atoms. The van der Waals surface area contributed by atoms with Gasteiger partial charge in [0.2, 0.25) is 0 Å². The number of fused-ring (bicyclic) bond motifs is 1. The number of carbonyl (C=O) groups excluding carboxylic acids is 1. The van der Waals surface area contributed by atoms with E-state index in [1.165, 1.54) is 0 Å². The average Bonchev–Trinajstić information content (AvgIpc) is 3.55. The maximum Gasteiger partial charge on any atom is 0.338 e. The van der Waals surface area contributed by atoms with E-state index in [0.29, 0.717) is 30.9 Å². The summed E-state index contributed by atoms with van der Waals surface area (Å²) in [5.74, 6) is 1.46. The van der Waals surface area contributed by atoms with E-state index in [4.69, 9.17) is 9.47 Å². The van der Waals surface area contributed by atoms with Gasteiger partial charge in [0.1, 0.15) is 17.1 Å². The maximum atomic E-state index is 13.4. The summed E-state index contributed by atoms with van der Waals surface area (Å²) in [4.78, 5) is 26.8. The van der Waals surface area contributed by atoms with Gasteiger partial charge in [-0.3, -0.25) is 4.98 Å². The molecule has 9 nitrogen and oxygen atoms in total. The quantitative estimate of drug-likeness (QED) is 0.443. The number of aromatic nitrogens is 5. The van der Waals surface area contributed by atoms with Crippen molar-refractivity contribution in [1.82, 2.24) is 24.6 Å². The van der Waals surface area contributed by atoms with Crippen LogP contribution in [0.15, 0.2) is 29.7 Å². The van der Waals surface area contributed by atoms with E-state index >= 15 is 0 Å². The summed E-state index contributed by atoms with van der Waals surface area (Å²) in [7, 11) is 1.64. The van der Waals surface area contributed by atoms with Crippen LogP contribution in [0.4, 0.5) is 0 Å². The zero-order valence-electron chi connectivity index (χ0n) is 22.1. The van der Waals surface area contributed by atoms with Gasteiger partial charge in [0.25, 0.3) is 5.78 Å². The summed E-state index contributed by atoms with van der Waals surface area (Å²) < 4.78 is 13.5. The molecule has 1 aliphatic heterocycles. The van der Waals surface area contributed by atoms with Gasteiger partial charge in [0, 0.05) is 29.9 Å². The van der Waals surface area contributed by atoms with Gasteiger partial charge in [-0.25, -0.2) is 14.3 Å². The normalized spacial score (nSPS) is 20.6. The van der Waals surface area contributed by atoms with Crippen molar-refractivity contribution in [3.63, 3.8) is 0 Å². The first-order valence-electron chi connectivity index (χ1n) is 13.2. The first kappa shape index (κ1) is 25.2. The monoisotopic (exact) mass is 505 g/mol. The van der Waals surface area contributed by atoms with E-state index in [1.807, 2.05) is 19.9 Å². The minimum absolute atomic E-state index is 0.0822. The Labute approximate surface area is 217 Å². The molecule has 1 N–H and O–H groups in total. The zero-order chi connectivity index (χ0) is 26.2. The van der Waals surface area contributed by atoms with Gasteiger partial charge in [-0.05, 0) is 69.6 Å². The Morgan fingerprint density at radius 1 is 1.22 bits per heavy atom. The van der Waals surface area contributed by atoms with Crippen molar-refractivity contribution in [3.05, 3.63) is 58.1 Å². The Morgan fingerprint density at radius 3 is 2.70 bits per heavy atom. The van der Waals surface area contributed by atoms with Crippen LogP contribution < -0.4 is 4.74 Å². The van der Waals surface area contributed by atoms with Crippen molar-refractivity contribution in [3.8, 4) is 5.75 Å². The van der Waals surface area contributed by atoms with Crippen molar-refractivity contribution in [2.45, 2.75) is 84.2 Å². The maximum absolute atomic E-state index is 13.4. The Morgan fingerprint density at radius 2 is 2.00 bits per heavy atom. The molecule has 0 saturated heterocycles. The minimum atomic E-state index is -0.747. The molecule has 4 heterocycles. The van der Waals surface area contributed by atoms with Crippen LogP contribution in [0.2, 0.25) is 0 Å². The fourth-order valence-electron chi connectivity index (χ4n) is 5.88. The third kappa shape index (κ3) is 4.91. The van der Waals surface area contributed by atoms with Gasteiger partial charge < -0.3 is 14.6 Å². The van der Waals surface area contributed by atoms with Crippen molar-refractivity contribution >= 4 is 11.7 Å². The zero-order valence-corrected chi connectivity index (χ0v) is 22.1. The SMILES string of the molecule is CCc1cc(CCC2(C3CCCC3)CC(O)=C(Cc3nc4nc(C)cc(C)n4n3)C(=O)O2)c(OC)cn1. The molecule has 3 aromatic rings. The first-order chi connectivity index (χ1) is 17.8. The number of aliphatic hydroxyl groups excluding tert-OH is 1. The van der Waals surface area contributed by atoms with Crippen LogP contribution in [-0.2, 0) is 28.8 Å². The highest BCUT2D eigenvalue weighted by atomic mass is 16.6. The average molecular weight is 506 g/mol. The fraction of sp³-hybridized carbons (Fsp3) is 0.536. The largest absolute Gasteiger partial charge is 0.512 e. The fourth-order valence-corrected chi connectivity index (χ4v) is 5.88. The molecule has 1 saturated carbocycles. The predicted molar refractivity (Wildman–Crippen MR) is 138 cm³/mol. The van der Waals surface area contributed by atoms with Crippen LogP contribution in [0.5, 0.6) is 5.75 Å². The van der Waals surface area contributed by atoms with E-state index < -0.39 is 11.6 Å². The Kier molecular flexibility index (Phi) is 6.88. The molecule has 196 valence electrons. The third-order valence-electron chi connectivity index (χ3n) is 7.86.